The lowest BCUT2D eigenvalue weighted by Crippen LogP contribution is -2.37. The number of nitrogens with one attached hydrogen (secondary N) is 2. The van der Waals surface area contributed by atoms with Crippen molar-refractivity contribution in [2.24, 2.45) is 4.99 Å². The Bertz CT molecular complexity index is 653. The summed E-state index contributed by atoms with van der Waals surface area (Å²) in [6.45, 7) is 7.04. The third-order valence-electron chi connectivity index (χ3n) is 3.96. The maximum atomic E-state index is 5.68. The zero-order valence-electron chi connectivity index (χ0n) is 16.0. The number of nitrogens with zero attached hydrogens (tertiary/aromatic N) is 2. The molecule has 26 heavy (non-hydrogen) atoms. The van der Waals surface area contributed by atoms with Crippen LogP contribution >= 0.6 is 0 Å². The monoisotopic (exact) mass is 358 g/mol. The third kappa shape index (κ3) is 7.27. The fraction of sp³-hybridized carbons (Fsp3) is 0.500. The van der Waals surface area contributed by atoms with E-state index in [2.05, 4.69) is 58.9 Å². The summed E-state index contributed by atoms with van der Waals surface area (Å²) in [5, 5.41) is 10.6. The van der Waals surface area contributed by atoms with Gasteiger partial charge in [-0.1, -0.05) is 49.3 Å². The van der Waals surface area contributed by atoms with Crippen LogP contribution in [0.2, 0.25) is 0 Å². The second-order valence-electron chi connectivity index (χ2n) is 6.43. The molecule has 0 saturated carbocycles. The van der Waals surface area contributed by atoms with Crippen molar-refractivity contribution in [2.45, 2.75) is 39.2 Å². The Morgan fingerprint density at radius 2 is 2.00 bits per heavy atom. The van der Waals surface area contributed by atoms with Crippen LogP contribution in [0.3, 0.4) is 0 Å². The van der Waals surface area contributed by atoms with E-state index in [-0.39, 0.29) is 0 Å². The topological polar surface area (TPSA) is 71.7 Å². The molecule has 0 fully saturated rings. The predicted octanol–water partition coefficient (Wildman–Crippen LogP) is 3.11. The third-order valence-corrected chi connectivity index (χ3v) is 3.96. The molecule has 1 aromatic heterocycles. The maximum Gasteiger partial charge on any atom is 0.191 e. The SMILES string of the molecule is CN=C(NCCCOCCc1ccccc1)NCc1cc(C(C)C)no1. The highest BCUT2D eigenvalue weighted by molar-refractivity contribution is 5.79. The largest absolute Gasteiger partial charge is 0.381 e. The minimum atomic E-state index is 0.367. The Hall–Kier alpha value is -2.34. The minimum Gasteiger partial charge on any atom is -0.381 e. The molecular formula is C20H30N4O2. The van der Waals surface area contributed by atoms with Gasteiger partial charge in [-0.3, -0.25) is 4.99 Å². The van der Waals surface area contributed by atoms with E-state index in [0.29, 0.717) is 12.5 Å². The van der Waals surface area contributed by atoms with E-state index in [1.807, 2.05) is 12.1 Å². The molecule has 0 bridgehead atoms. The first-order chi connectivity index (χ1) is 12.7. The molecule has 6 heteroatoms. The van der Waals surface area contributed by atoms with Gasteiger partial charge >= 0.3 is 0 Å². The number of guanidine groups is 1. The van der Waals surface area contributed by atoms with Crippen LogP contribution in [0.1, 0.15) is 43.2 Å². The molecule has 0 aliphatic heterocycles. The lowest BCUT2D eigenvalue weighted by molar-refractivity contribution is 0.135. The van der Waals surface area contributed by atoms with E-state index < -0.39 is 0 Å². The zero-order chi connectivity index (χ0) is 18.6. The number of benzene rings is 1. The number of aromatic nitrogens is 1. The average Bonchev–Trinajstić information content (AvgIpc) is 3.13. The molecule has 0 saturated heterocycles. The number of hydrogen-bond donors (Lipinski definition) is 2. The highest BCUT2D eigenvalue weighted by atomic mass is 16.5. The Morgan fingerprint density at radius 1 is 1.19 bits per heavy atom. The van der Waals surface area contributed by atoms with Crippen LogP contribution in [0.4, 0.5) is 0 Å². The first kappa shape index (κ1) is 20.0. The van der Waals surface area contributed by atoms with Crippen molar-refractivity contribution in [3.8, 4) is 0 Å². The lowest BCUT2D eigenvalue weighted by atomic mass is 10.1. The standard InChI is InChI=1S/C20H30N4O2/c1-16(2)19-14-18(26-24-19)15-23-20(21-3)22-11-7-12-25-13-10-17-8-5-4-6-9-17/h4-6,8-9,14,16H,7,10-13,15H2,1-3H3,(H2,21,22,23). The van der Waals surface area contributed by atoms with Crippen molar-refractivity contribution in [1.82, 2.24) is 15.8 Å². The van der Waals surface area contributed by atoms with Crippen LogP contribution in [0.15, 0.2) is 45.9 Å². The van der Waals surface area contributed by atoms with Gasteiger partial charge in [-0.15, -0.1) is 0 Å². The van der Waals surface area contributed by atoms with E-state index in [4.69, 9.17) is 9.26 Å². The number of aliphatic imine (C=N–C) groups is 1. The van der Waals surface area contributed by atoms with Gasteiger partial charge in [-0.2, -0.15) is 0 Å². The van der Waals surface area contributed by atoms with Crippen LogP contribution in [-0.4, -0.2) is 37.9 Å². The average molecular weight is 358 g/mol. The summed E-state index contributed by atoms with van der Waals surface area (Å²) >= 11 is 0. The van der Waals surface area contributed by atoms with Gasteiger partial charge in [0.05, 0.1) is 18.8 Å². The Balaban J connectivity index is 1.54. The van der Waals surface area contributed by atoms with Crippen molar-refractivity contribution >= 4 is 5.96 Å². The van der Waals surface area contributed by atoms with Gasteiger partial charge < -0.3 is 19.9 Å². The molecule has 0 aliphatic rings. The molecule has 2 rings (SSSR count). The summed E-state index contributed by atoms with van der Waals surface area (Å²) in [5.74, 6) is 1.92. The number of hydrogen-bond acceptors (Lipinski definition) is 4. The van der Waals surface area contributed by atoms with Crippen LogP contribution in [0, 0.1) is 0 Å². The van der Waals surface area contributed by atoms with Crippen molar-refractivity contribution < 1.29 is 9.26 Å². The van der Waals surface area contributed by atoms with Crippen LogP contribution < -0.4 is 10.6 Å². The van der Waals surface area contributed by atoms with E-state index in [9.17, 15) is 0 Å². The molecule has 142 valence electrons. The van der Waals surface area contributed by atoms with Gasteiger partial charge in [-0.05, 0) is 24.3 Å². The summed E-state index contributed by atoms with van der Waals surface area (Å²) in [7, 11) is 1.76. The van der Waals surface area contributed by atoms with Gasteiger partial charge in [0.1, 0.15) is 0 Å². The molecule has 0 aliphatic carbocycles. The van der Waals surface area contributed by atoms with E-state index in [1.165, 1.54) is 5.56 Å². The smallest absolute Gasteiger partial charge is 0.191 e. The Morgan fingerprint density at radius 3 is 2.69 bits per heavy atom. The molecule has 0 amide bonds. The zero-order valence-corrected chi connectivity index (χ0v) is 16.0. The minimum absolute atomic E-state index is 0.367. The summed E-state index contributed by atoms with van der Waals surface area (Å²) in [4.78, 5) is 4.21. The molecule has 6 nitrogen and oxygen atoms in total. The fourth-order valence-corrected chi connectivity index (χ4v) is 2.39. The van der Waals surface area contributed by atoms with E-state index in [1.54, 1.807) is 7.05 Å². The van der Waals surface area contributed by atoms with Crippen LogP contribution in [-0.2, 0) is 17.7 Å². The van der Waals surface area contributed by atoms with Crippen LogP contribution in [0.5, 0.6) is 0 Å². The van der Waals surface area contributed by atoms with Crippen molar-refractivity contribution in [2.75, 3.05) is 26.8 Å². The highest BCUT2D eigenvalue weighted by Gasteiger charge is 2.08. The normalized spacial score (nSPS) is 11.8. The van der Waals surface area contributed by atoms with Gasteiger partial charge in [-0.25, -0.2) is 0 Å². The summed E-state index contributed by atoms with van der Waals surface area (Å²) in [6, 6.07) is 12.4. The van der Waals surface area contributed by atoms with E-state index >= 15 is 0 Å². The molecule has 2 aromatic rings. The van der Waals surface area contributed by atoms with Crippen LogP contribution in [0.25, 0.3) is 0 Å². The highest BCUT2D eigenvalue weighted by Crippen LogP contribution is 2.13. The number of rotatable bonds is 10. The van der Waals surface area contributed by atoms with E-state index in [0.717, 1.165) is 50.0 Å². The van der Waals surface area contributed by atoms with Crippen molar-refractivity contribution in [3.63, 3.8) is 0 Å². The van der Waals surface area contributed by atoms with Crippen molar-refractivity contribution in [1.29, 1.82) is 0 Å². The fourth-order valence-electron chi connectivity index (χ4n) is 2.39. The van der Waals surface area contributed by atoms with Gasteiger partial charge in [0, 0.05) is 26.3 Å². The predicted molar refractivity (Wildman–Crippen MR) is 104 cm³/mol. The number of ether oxygens (including phenoxy) is 1. The van der Waals surface area contributed by atoms with Gasteiger partial charge in [0.25, 0.3) is 0 Å². The summed E-state index contributed by atoms with van der Waals surface area (Å²) < 4.78 is 11.0. The maximum absolute atomic E-state index is 5.68. The molecule has 0 spiro atoms. The molecule has 0 unspecified atom stereocenters. The Labute approximate surface area is 156 Å². The second kappa shape index (κ2) is 11.3. The quantitative estimate of drug-likeness (QED) is 0.388. The summed E-state index contributed by atoms with van der Waals surface area (Å²) in [6.07, 6.45) is 1.88. The second-order valence-corrected chi connectivity index (χ2v) is 6.43. The van der Waals surface area contributed by atoms with Crippen molar-refractivity contribution in [3.05, 3.63) is 53.4 Å². The molecule has 2 N–H and O–H groups in total. The van der Waals surface area contributed by atoms with Gasteiger partial charge in [0.2, 0.25) is 0 Å². The molecule has 0 atom stereocenters. The molecule has 0 radical (unpaired) electrons. The Kier molecular flexibility index (Phi) is 8.69. The molecule has 1 heterocycles. The lowest BCUT2D eigenvalue weighted by Gasteiger charge is -2.10. The molecular weight excluding hydrogens is 328 g/mol. The molecule has 1 aromatic carbocycles. The van der Waals surface area contributed by atoms with Gasteiger partial charge in [0.15, 0.2) is 11.7 Å². The first-order valence-corrected chi connectivity index (χ1v) is 9.20. The first-order valence-electron chi connectivity index (χ1n) is 9.20. The summed E-state index contributed by atoms with van der Waals surface area (Å²) in [5.41, 5.74) is 2.28.